The lowest BCUT2D eigenvalue weighted by Gasteiger charge is -2.12. The molecular weight excluding hydrogens is 354 g/mol. The van der Waals surface area contributed by atoms with Crippen LogP contribution in [0.4, 0.5) is 20.3 Å². The average Bonchev–Trinajstić information content (AvgIpc) is 2.90. The van der Waals surface area contributed by atoms with E-state index in [1.54, 1.807) is 0 Å². The molecule has 1 amide bonds. The predicted octanol–water partition coefficient (Wildman–Crippen LogP) is 1.61. The number of anilines is 2. The smallest absolute Gasteiger partial charge is 0.274 e. The van der Waals surface area contributed by atoms with E-state index in [0.29, 0.717) is 6.42 Å². The number of amides is 1. The fourth-order valence-electron chi connectivity index (χ4n) is 2.47. The minimum absolute atomic E-state index is 0.0149. The van der Waals surface area contributed by atoms with Crippen LogP contribution in [-0.2, 0) is 9.84 Å². The number of halogens is 2. The number of para-hydroxylation sites is 1. The summed E-state index contributed by atoms with van der Waals surface area (Å²) in [7, 11) is -3.06. The van der Waals surface area contributed by atoms with Crippen LogP contribution in [0, 0.1) is 11.6 Å². The molecule has 1 saturated heterocycles. The molecule has 2 heterocycles. The van der Waals surface area contributed by atoms with Crippen molar-refractivity contribution >= 4 is 27.2 Å². The number of hydrogen-bond acceptors (Lipinski definition) is 6. The zero-order valence-electron chi connectivity index (χ0n) is 12.9. The first-order valence-electron chi connectivity index (χ1n) is 7.38. The molecule has 0 radical (unpaired) electrons. The Labute approximate surface area is 142 Å². The molecule has 7 nitrogen and oxygen atoms in total. The summed E-state index contributed by atoms with van der Waals surface area (Å²) in [5.74, 6) is -2.28. The minimum Gasteiger partial charge on any atom is -0.366 e. The van der Waals surface area contributed by atoms with Gasteiger partial charge < -0.3 is 10.6 Å². The van der Waals surface area contributed by atoms with Crippen LogP contribution in [0.2, 0.25) is 0 Å². The maximum absolute atomic E-state index is 13.6. The highest BCUT2D eigenvalue weighted by Crippen LogP contribution is 2.20. The zero-order chi connectivity index (χ0) is 18.0. The Morgan fingerprint density at radius 2 is 1.92 bits per heavy atom. The number of nitrogens with zero attached hydrogens (tertiary/aromatic N) is 2. The Morgan fingerprint density at radius 1 is 1.20 bits per heavy atom. The standard InChI is InChI=1S/C15H14F2N4O3S/c16-10-2-1-3-11(17)14(10)21-15(22)12-6-13(19-8-18-12)20-9-4-5-25(23,24)7-9/h1-3,6,8-9H,4-5,7H2,(H,21,22)(H,18,19,20). The third kappa shape index (κ3) is 4.08. The van der Waals surface area contributed by atoms with Gasteiger partial charge in [0.25, 0.3) is 5.91 Å². The molecule has 0 spiro atoms. The maximum atomic E-state index is 13.6. The molecule has 10 heteroatoms. The van der Waals surface area contributed by atoms with Crippen molar-refractivity contribution in [3.05, 3.63) is 47.9 Å². The number of benzene rings is 1. The van der Waals surface area contributed by atoms with E-state index in [-0.39, 0.29) is 29.1 Å². The fourth-order valence-corrected chi connectivity index (χ4v) is 4.15. The highest BCUT2D eigenvalue weighted by molar-refractivity contribution is 7.91. The van der Waals surface area contributed by atoms with Crippen molar-refractivity contribution in [1.29, 1.82) is 0 Å². The van der Waals surface area contributed by atoms with Gasteiger partial charge in [-0.05, 0) is 18.6 Å². The van der Waals surface area contributed by atoms with E-state index in [2.05, 4.69) is 20.6 Å². The van der Waals surface area contributed by atoms with Crippen molar-refractivity contribution < 1.29 is 22.0 Å². The van der Waals surface area contributed by atoms with Crippen molar-refractivity contribution in [1.82, 2.24) is 9.97 Å². The molecular formula is C15H14F2N4O3S. The van der Waals surface area contributed by atoms with E-state index in [4.69, 9.17) is 0 Å². The fraction of sp³-hybridized carbons (Fsp3) is 0.267. The molecule has 0 bridgehead atoms. The molecule has 1 unspecified atom stereocenters. The van der Waals surface area contributed by atoms with Gasteiger partial charge in [0.2, 0.25) is 0 Å². The number of aromatic nitrogens is 2. The van der Waals surface area contributed by atoms with E-state index in [0.717, 1.165) is 18.5 Å². The Kier molecular flexibility index (Phi) is 4.62. The molecule has 1 fully saturated rings. The number of sulfone groups is 1. The van der Waals surface area contributed by atoms with Gasteiger partial charge in [-0.3, -0.25) is 4.79 Å². The summed E-state index contributed by atoms with van der Waals surface area (Å²) in [6, 6.07) is 4.21. The molecule has 1 aliphatic rings. The van der Waals surface area contributed by atoms with Crippen LogP contribution in [0.1, 0.15) is 16.9 Å². The van der Waals surface area contributed by atoms with Crippen molar-refractivity contribution in [3.63, 3.8) is 0 Å². The number of hydrogen-bond donors (Lipinski definition) is 2. The summed E-state index contributed by atoms with van der Waals surface area (Å²) in [5.41, 5.74) is -0.677. The van der Waals surface area contributed by atoms with Crippen LogP contribution in [0.5, 0.6) is 0 Å². The van der Waals surface area contributed by atoms with E-state index >= 15 is 0 Å². The highest BCUT2D eigenvalue weighted by Gasteiger charge is 2.28. The lowest BCUT2D eigenvalue weighted by atomic mass is 10.2. The SMILES string of the molecule is O=C(Nc1c(F)cccc1F)c1cc(NC2CCS(=O)(=O)C2)ncn1. The van der Waals surface area contributed by atoms with Crippen molar-refractivity contribution in [2.45, 2.75) is 12.5 Å². The van der Waals surface area contributed by atoms with Gasteiger partial charge in [-0.2, -0.15) is 0 Å². The maximum Gasteiger partial charge on any atom is 0.274 e. The number of carbonyl (C=O) groups excluding carboxylic acids is 1. The molecule has 0 aliphatic carbocycles. The van der Waals surface area contributed by atoms with Crippen molar-refractivity contribution in [3.8, 4) is 0 Å². The van der Waals surface area contributed by atoms with Gasteiger partial charge in [-0.15, -0.1) is 0 Å². The van der Waals surface area contributed by atoms with Gasteiger partial charge in [0, 0.05) is 12.1 Å². The topological polar surface area (TPSA) is 101 Å². The molecule has 0 saturated carbocycles. The normalized spacial score (nSPS) is 18.7. The largest absolute Gasteiger partial charge is 0.366 e. The summed E-state index contributed by atoms with van der Waals surface area (Å²) in [4.78, 5) is 19.9. The number of nitrogens with one attached hydrogen (secondary N) is 2. The first kappa shape index (κ1) is 17.2. The lowest BCUT2D eigenvalue weighted by molar-refractivity contribution is 0.102. The Morgan fingerprint density at radius 3 is 2.56 bits per heavy atom. The molecule has 1 aromatic heterocycles. The van der Waals surface area contributed by atoms with Gasteiger partial charge in [0.15, 0.2) is 9.84 Å². The third-order valence-electron chi connectivity index (χ3n) is 3.69. The summed E-state index contributed by atoms with van der Waals surface area (Å²) in [6.45, 7) is 0. The van der Waals surface area contributed by atoms with Crippen molar-refractivity contribution in [2.24, 2.45) is 0 Å². The number of carbonyl (C=O) groups is 1. The van der Waals surface area contributed by atoms with Crippen LogP contribution in [0.25, 0.3) is 0 Å². The van der Waals surface area contributed by atoms with Crippen molar-refractivity contribution in [2.75, 3.05) is 22.1 Å². The molecule has 2 N–H and O–H groups in total. The Balaban J connectivity index is 1.74. The number of rotatable bonds is 4. The molecule has 1 atom stereocenters. The monoisotopic (exact) mass is 368 g/mol. The van der Waals surface area contributed by atoms with Gasteiger partial charge in [0.1, 0.15) is 35.2 Å². The van der Waals surface area contributed by atoms with Gasteiger partial charge in [-0.25, -0.2) is 27.2 Å². The molecule has 1 aliphatic heterocycles. The summed E-state index contributed by atoms with van der Waals surface area (Å²) < 4.78 is 50.1. The second-order valence-electron chi connectivity index (χ2n) is 5.58. The second kappa shape index (κ2) is 6.71. The van der Waals surface area contributed by atoms with E-state index in [9.17, 15) is 22.0 Å². The van der Waals surface area contributed by atoms with Gasteiger partial charge >= 0.3 is 0 Å². The predicted molar refractivity (Wildman–Crippen MR) is 87.0 cm³/mol. The van der Waals surface area contributed by atoms with E-state index in [1.165, 1.54) is 12.1 Å². The van der Waals surface area contributed by atoms with Gasteiger partial charge in [-0.1, -0.05) is 6.07 Å². The summed E-state index contributed by atoms with van der Waals surface area (Å²) in [6.07, 6.45) is 1.55. The van der Waals surface area contributed by atoms with E-state index in [1.807, 2.05) is 0 Å². The van der Waals surface area contributed by atoms with Crippen LogP contribution in [0.3, 0.4) is 0 Å². The molecule has 1 aromatic carbocycles. The summed E-state index contributed by atoms with van der Waals surface area (Å²) in [5, 5.41) is 5.05. The third-order valence-corrected chi connectivity index (χ3v) is 5.45. The lowest BCUT2D eigenvalue weighted by Crippen LogP contribution is -2.22. The van der Waals surface area contributed by atoms with Crippen LogP contribution in [0.15, 0.2) is 30.6 Å². The molecule has 3 rings (SSSR count). The van der Waals surface area contributed by atoms with Gasteiger partial charge in [0.05, 0.1) is 11.5 Å². The molecule has 2 aromatic rings. The first-order valence-corrected chi connectivity index (χ1v) is 9.20. The Bertz CT molecular complexity index is 900. The first-order chi connectivity index (χ1) is 11.8. The highest BCUT2D eigenvalue weighted by atomic mass is 32.2. The quantitative estimate of drug-likeness (QED) is 0.850. The van der Waals surface area contributed by atoms with Crippen LogP contribution >= 0.6 is 0 Å². The average molecular weight is 368 g/mol. The van der Waals surface area contributed by atoms with Crippen LogP contribution < -0.4 is 10.6 Å². The minimum atomic E-state index is -3.06. The Hall–Kier alpha value is -2.62. The van der Waals surface area contributed by atoms with E-state index < -0.39 is 33.1 Å². The molecule has 132 valence electrons. The summed E-state index contributed by atoms with van der Waals surface area (Å²) >= 11 is 0. The van der Waals surface area contributed by atoms with Crippen LogP contribution in [-0.4, -0.2) is 41.8 Å². The molecule has 25 heavy (non-hydrogen) atoms. The second-order valence-corrected chi connectivity index (χ2v) is 7.81. The zero-order valence-corrected chi connectivity index (χ0v) is 13.7.